The van der Waals surface area contributed by atoms with Crippen LogP contribution in [0, 0.1) is 0 Å². The SMILES string of the molecule is CC(O)C(S)NN. The average Bonchev–Trinajstić information content (AvgIpc) is 1.65. The van der Waals surface area contributed by atoms with Crippen LogP contribution in [0.3, 0.4) is 0 Å². The van der Waals surface area contributed by atoms with Gasteiger partial charge in [0.2, 0.25) is 0 Å². The highest BCUT2D eigenvalue weighted by molar-refractivity contribution is 7.80. The van der Waals surface area contributed by atoms with E-state index in [0.29, 0.717) is 0 Å². The van der Waals surface area contributed by atoms with E-state index in [9.17, 15) is 0 Å². The van der Waals surface area contributed by atoms with Gasteiger partial charge in [-0.25, -0.2) is 5.43 Å². The largest absolute Gasteiger partial charge is 0.391 e. The van der Waals surface area contributed by atoms with Crippen LogP contribution in [0.5, 0.6) is 0 Å². The Hall–Kier alpha value is 0.230. The summed E-state index contributed by atoms with van der Waals surface area (Å²) in [5, 5.41) is 8.28. The van der Waals surface area contributed by atoms with Gasteiger partial charge in [0, 0.05) is 0 Å². The first-order chi connectivity index (χ1) is 3.18. The second-order valence-corrected chi connectivity index (χ2v) is 1.91. The first-order valence-corrected chi connectivity index (χ1v) is 2.52. The molecule has 44 valence electrons. The molecule has 0 aliphatic heterocycles. The minimum Gasteiger partial charge on any atom is -0.391 e. The van der Waals surface area contributed by atoms with Gasteiger partial charge in [0.15, 0.2) is 0 Å². The molecule has 0 aliphatic carbocycles. The summed E-state index contributed by atoms with van der Waals surface area (Å²) in [4.78, 5) is 0. The Labute approximate surface area is 48.3 Å². The molecule has 0 rings (SSSR count). The number of nitrogens with two attached hydrogens (primary N) is 1. The van der Waals surface area contributed by atoms with E-state index in [2.05, 4.69) is 18.1 Å². The molecule has 4 N–H and O–H groups in total. The predicted octanol–water partition coefficient (Wildman–Crippen LogP) is -0.914. The summed E-state index contributed by atoms with van der Waals surface area (Å²) in [6, 6.07) is 0. The number of hydrazine groups is 1. The van der Waals surface area contributed by atoms with Crippen LogP contribution < -0.4 is 11.3 Å². The van der Waals surface area contributed by atoms with Crippen molar-refractivity contribution in [2.24, 2.45) is 5.84 Å². The Balaban J connectivity index is 3.14. The summed E-state index contributed by atoms with van der Waals surface area (Å²) in [5.41, 5.74) is 2.28. The van der Waals surface area contributed by atoms with Crippen LogP contribution >= 0.6 is 12.6 Å². The molecule has 0 amide bonds. The van der Waals surface area contributed by atoms with Crippen molar-refractivity contribution < 1.29 is 5.11 Å². The Kier molecular flexibility index (Phi) is 3.37. The topological polar surface area (TPSA) is 58.3 Å². The summed E-state index contributed by atoms with van der Waals surface area (Å²) in [6.45, 7) is 1.61. The summed E-state index contributed by atoms with van der Waals surface area (Å²) in [7, 11) is 0. The van der Waals surface area contributed by atoms with Crippen LogP contribution in [-0.4, -0.2) is 16.6 Å². The molecular formula is C3H10N2OS. The molecular weight excluding hydrogens is 112 g/mol. The first kappa shape index (κ1) is 7.23. The fraction of sp³-hybridized carbons (Fsp3) is 1.00. The molecule has 0 spiro atoms. The molecule has 0 aromatic carbocycles. The number of thiol groups is 1. The Morgan fingerprint density at radius 1 is 1.86 bits per heavy atom. The second kappa shape index (κ2) is 3.26. The third kappa shape index (κ3) is 2.87. The maximum atomic E-state index is 8.60. The van der Waals surface area contributed by atoms with Crippen molar-refractivity contribution in [3.8, 4) is 0 Å². The molecule has 3 nitrogen and oxygen atoms in total. The predicted molar refractivity (Wildman–Crippen MR) is 31.8 cm³/mol. The van der Waals surface area contributed by atoms with Crippen molar-refractivity contribution in [1.82, 2.24) is 5.43 Å². The summed E-state index contributed by atoms with van der Waals surface area (Å²) in [5.74, 6) is 4.89. The lowest BCUT2D eigenvalue weighted by atomic mass is 10.4. The Bertz CT molecular complexity index is 50.2. The van der Waals surface area contributed by atoms with Gasteiger partial charge in [-0.3, -0.25) is 5.84 Å². The molecule has 0 aliphatic rings. The van der Waals surface area contributed by atoms with E-state index in [0.717, 1.165) is 0 Å². The lowest BCUT2D eigenvalue weighted by Crippen LogP contribution is -2.38. The third-order valence-corrected chi connectivity index (χ3v) is 1.21. The highest BCUT2D eigenvalue weighted by Crippen LogP contribution is 1.92. The number of rotatable bonds is 2. The van der Waals surface area contributed by atoms with E-state index >= 15 is 0 Å². The van der Waals surface area contributed by atoms with Crippen molar-refractivity contribution in [3.05, 3.63) is 0 Å². The zero-order valence-corrected chi connectivity index (χ0v) is 5.02. The van der Waals surface area contributed by atoms with Gasteiger partial charge in [-0.1, -0.05) is 0 Å². The molecule has 0 saturated carbocycles. The van der Waals surface area contributed by atoms with Gasteiger partial charge >= 0.3 is 0 Å². The van der Waals surface area contributed by atoms with Crippen molar-refractivity contribution in [2.75, 3.05) is 0 Å². The highest BCUT2D eigenvalue weighted by atomic mass is 32.1. The molecule has 0 aromatic rings. The lowest BCUT2D eigenvalue weighted by molar-refractivity contribution is 0.180. The van der Waals surface area contributed by atoms with Gasteiger partial charge in [0.1, 0.15) is 0 Å². The van der Waals surface area contributed by atoms with Crippen molar-refractivity contribution >= 4 is 12.6 Å². The molecule has 2 unspecified atom stereocenters. The molecule has 0 heterocycles. The van der Waals surface area contributed by atoms with Gasteiger partial charge in [0.25, 0.3) is 0 Å². The van der Waals surface area contributed by atoms with Crippen LogP contribution in [0.15, 0.2) is 0 Å². The smallest absolute Gasteiger partial charge is 0.0890 e. The van der Waals surface area contributed by atoms with E-state index in [1.807, 2.05) is 0 Å². The Morgan fingerprint density at radius 2 is 2.29 bits per heavy atom. The zero-order chi connectivity index (χ0) is 5.86. The fourth-order valence-electron chi connectivity index (χ4n) is 0.139. The maximum absolute atomic E-state index is 8.60. The number of hydrogen-bond donors (Lipinski definition) is 4. The van der Waals surface area contributed by atoms with Crippen molar-refractivity contribution in [3.63, 3.8) is 0 Å². The zero-order valence-electron chi connectivity index (χ0n) is 4.13. The van der Waals surface area contributed by atoms with Crippen LogP contribution in [0.1, 0.15) is 6.92 Å². The molecule has 0 bridgehead atoms. The maximum Gasteiger partial charge on any atom is 0.0890 e. The molecule has 0 saturated heterocycles. The number of hydrogen-bond acceptors (Lipinski definition) is 4. The van der Waals surface area contributed by atoms with Gasteiger partial charge in [0.05, 0.1) is 11.5 Å². The summed E-state index contributed by atoms with van der Waals surface area (Å²) in [6.07, 6.45) is -0.506. The molecule has 4 heteroatoms. The monoisotopic (exact) mass is 122 g/mol. The molecule has 2 atom stereocenters. The standard InChI is InChI=1S/C3H10N2OS/c1-2(6)3(7)5-4/h2-3,5-7H,4H2,1H3. The van der Waals surface area contributed by atoms with Crippen LogP contribution in [-0.2, 0) is 0 Å². The second-order valence-electron chi connectivity index (χ2n) is 1.35. The quantitative estimate of drug-likeness (QED) is 0.166. The van der Waals surface area contributed by atoms with E-state index in [4.69, 9.17) is 10.9 Å². The van der Waals surface area contributed by atoms with Gasteiger partial charge in [-0.2, -0.15) is 12.6 Å². The first-order valence-electron chi connectivity index (χ1n) is 2.00. The van der Waals surface area contributed by atoms with Crippen LogP contribution in [0.4, 0.5) is 0 Å². The average molecular weight is 122 g/mol. The summed E-state index contributed by atoms with van der Waals surface area (Å²) < 4.78 is 0. The van der Waals surface area contributed by atoms with Gasteiger partial charge < -0.3 is 5.11 Å². The van der Waals surface area contributed by atoms with Gasteiger partial charge in [-0.05, 0) is 6.92 Å². The van der Waals surface area contributed by atoms with E-state index in [-0.39, 0.29) is 5.37 Å². The van der Waals surface area contributed by atoms with E-state index in [1.54, 1.807) is 6.92 Å². The number of aliphatic hydroxyl groups is 1. The van der Waals surface area contributed by atoms with E-state index < -0.39 is 6.10 Å². The number of aliphatic hydroxyl groups excluding tert-OH is 1. The minimum absolute atomic E-state index is 0.319. The normalized spacial score (nSPS) is 18.9. The van der Waals surface area contributed by atoms with Crippen molar-refractivity contribution in [2.45, 2.75) is 18.4 Å². The number of nitrogens with one attached hydrogen (secondary N) is 1. The fourth-order valence-corrected chi connectivity index (χ4v) is 0.139. The van der Waals surface area contributed by atoms with E-state index in [1.165, 1.54) is 0 Å². The van der Waals surface area contributed by atoms with Crippen molar-refractivity contribution in [1.29, 1.82) is 0 Å². The molecule has 0 radical (unpaired) electrons. The third-order valence-electron chi connectivity index (χ3n) is 0.628. The summed E-state index contributed by atoms with van der Waals surface area (Å²) >= 11 is 3.84. The molecule has 0 fully saturated rings. The van der Waals surface area contributed by atoms with Crippen LogP contribution in [0.25, 0.3) is 0 Å². The lowest BCUT2D eigenvalue weighted by Gasteiger charge is -2.10. The highest BCUT2D eigenvalue weighted by Gasteiger charge is 2.04. The Morgan fingerprint density at radius 3 is 2.29 bits per heavy atom. The minimum atomic E-state index is -0.506. The van der Waals surface area contributed by atoms with Gasteiger partial charge in [-0.15, -0.1) is 0 Å². The molecule has 7 heavy (non-hydrogen) atoms. The molecule has 0 aromatic heterocycles. The van der Waals surface area contributed by atoms with Crippen LogP contribution in [0.2, 0.25) is 0 Å².